The minimum Gasteiger partial charge on any atom is -0.457 e. The summed E-state index contributed by atoms with van der Waals surface area (Å²) in [7, 11) is 0. The van der Waals surface area contributed by atoms with E-state index < -0.39 is 10.8 Å². The average Bonchev–Trinajstić information content (AvgIpc) is 3.95. The molecule has 15 rings (SSSR count). The standard InChI is InChI=1S/C65H39N3O2/c1-2-16-41(17-3-1)61-66-62(68-63(67-61)44-35-37-48-47-19-5-13-27-57(47)69-60(48)39-44)42-32-30-40(31-33-42)43-34-36-46-45-18-4-6-20-49(45)64(56(46)38-43)50-21-7-9-23-52(50)65(53-24-10-8-22-51(53)64)54-25-11-14-28-58(54)70-59-29-15-12-26-55(59)65/h1-39H. The number of fused-ring (bicyclic) bond motifs is 18. The first-order valence-electron chi connectivity index (χ1n) is 23.8. The number of hydrogen-bond donors (Lipinski definition) is 0. The summed E-state index contributed by atoms with van der Waals surface area (Å²) < 4.78 is 13.0. The first-order valence-corrected chi connectivity index (χ1v) is 23.8. The number of nitrogens with zero attached hydrogens (tertiary/aromatic N) is 3. The molecular weight excluding hydrogens is 855 g/mol. The molecule has 10 aromatic carbocycles. The lowest BCUT2D eigenvalue weighted by molar-refractivity contribution is 0.429. The van der Waals surface area contributed by atoms with E-state index in [9.17, 15) is 0 Å². The van der Waals surface area contributed by atoms with E-state index in [-0.39, 0.29) is 0 Å². The second kappa shape index (κ2) is 14.7. The second-order valence-corrected chi connectivity index (χ2v) is 18.6. The van der Waals surface area contributed by atoms with Crippen LogP contribution in [0.15, 0.2) is 241 Å². The molecular formula is C65H39N3O2. The molecule has 5 heteroatoms. The Morgan fingerprint density at radius 3 is 1.37 bits per heavy atom. The third-order valence-corrected chi connectivity index (χ3v) is 15.1. The van der Waals surface area contributed by atoms with Crippen molar-refractivity contribution in [2.75, 3.05) is 0 Å². The van der Waals surface area contributed by atoms with E-state index in [1.54, 1.807) is 0 Å². The van der Waals surface area contributed by atoms with E-state index >= 15 is 0 Å². The van der Waals surface area contributed by atoms with Gasteiger partial charge in [-0.25, -0.2) is 15.0 Å². The molecule has 3 aliphatic rings. The van der Waals surface area contributed by atoms with Gasteiger partial charge >= 0.3 is 0 Å². The SMILES string of the molecule is c1ccc(-c2nc(-c3ccc(-c4ccc5c(c4)C4(c6ccccc6-5)c5ccccc5C5(c6ccccc6Oc6ccccc65)c5ccccc54)cc3)nc(-c3ccc4c(c3)oc3ccccc34)n2)cc1. The smallest absolute Gasteiger partial charge is 0.164 e. The van der Waals surface area contributed by atoms with Crippen molar-refractivity contribution in [2.45, 2.75) is 10.8 Å². The van der Waals surface area contributed by atoms with Crippen LogP contribution in [-0.4, -0.2) is 15.0 Å². The van der Waals surface area contributed by atoms with Gasteiger partial charge in [-0.05, 0) is 92.0 Å². The fourth-order valence-electron chi connectivity index (χ4n) is 12.2. The summed E-state index contributed by atoms with van der Waals surface area (Å²) in [6.45, 7) is 0. The molecule has 70 heavy (non-hydrogen) atoms. The summed E-state index contributed by atoms with van der Waals surface area (Å²) in [5, 5.41) is 2.15. The predicted octanol–water partition coefficient (Wildman–Crippen LogP) is 15.6. The number of para-hydroxylation sites is 3. The molecule has 0 N–H and O–H groups in total. The number of ether oxygens (including phenoxy) is 1. The average molecular weight is 894 g/mol. The summed E-state index contributed by atoms with van der Waals surface area (Å²) in [5.41, 5.74) is 17.8. The molecule has 3 heterocycles. The van der Waals surface area contributed by atoms with Crippen molar-refractivity contribution in [2.24, 2.45) is 0 Å². The van der Waals surface area contributed by atoms with Gasteiger partial charge in [0.2, 0.25) is 0 Å². The van der Waals surface area contributed by atoms with Gasteiger partial charge in [-0.2, -0.15) is 0 Å². The fraction of sp³-hybridized carbons (Fsp3) is 0.0308. The van der Waals surface area contributed by atoms with E-state index in [0.717, 1.165) is 72.4 Å². The van der Waals surface area contributed by atoms with Gasteiger partial charge < -0.3 is 9.15 Å². The van der Waals surface area contributed by atoms with E-state index in [1.165, 1.54) is 44.5 Å². The van der Waals surface area contributed by atoms with Crippen molar-refractivity contribution in [1.29, 1.82) is 0 Å². The zero-order valence-electron chi connectivity index (χ0n) is 37.7. The lowest BCUT2D eigenvalue weighted by Gasteiger charge is -2.51. The van der Waals surface area contributed by atoms with Gasteiger partial charge in [-0.15, -0.1) is 0 Å². The number of benzene rings is 10. The second-order valence-electron chi connectivity index (χ2n) is 18.6. The third kappa shape index (κ3) is 5.29. The van der Waals surface area contributed by atoms with Gasteiger partial charge in [-0.3, -0.25) is 0 Å². The van der Waals surface area contributed by atoms with Crippen LogP contribution < -0.4 is 4.74 Å². The number of furan rings is 1. The summed E-state index contributed by atoms with van der Waals surface area (Å²) in [6, 6.07) is 84.8. The van der Waals surface area contributed by atoms with Gasteiger partial charge in [0.05, 0.1) is 10.8 Å². The number of hydrogen-bond acceptors (Lipinski definition) is 5. The van der Waals surface area contributed by atoms with Crippen LogP contribution in [0.5, 0.6) is 11.5 Å². The highest BCUT2D eigenvalue weighted by Crippen LogP contribution is 2.67. The van der Waals surface area contributed by atoms with E-state index in [0.29, 0.717) is 17.5 Å². The Bertz CT molecular complexity index is 4020. The van der Waals surface area contributed by atoms with Crippen LogP contribution in [0.25, 0.3) is 78.4 Å². The van der Waals surface area contributed by atoms with Crippen LogP contribution in [0, 0.1) is 0 Å². The highest BCUT2D eigenvalue weighted by Gasteiger charge is 2.58. The van der Waals surface area contributed by atoms with Gasteiger partial charge in [0.25, 0.3) is 0 Å². The topological polar surface area (TPSA) is 61.0 Å². The van der Waals surface area contributed by atoms with Crippen LogP contribution in [0.2, 0.25) is 0 Å². The molecule has 0 fully saturated rings. The summed E-state index contributed by atoms with van der Waals surface area (Å²) in [6.07, 6.45) is 0. The molecule has 5 nitrogen and oxygen atoms in total. The van der Waals surface area contributed by atoms with Crippen LogP contribution in [0.3, 0.4) is 0 Å². The Morgan fingerprint density at radius 1 is 0.271 bits per heavy atom. The largest absolute Gasteiger partial charge is 0.457 e. The van der Waals surface area contributed by atoms with Gasteiger partial charge in [0, 0.05) is 38.6 Å². The zero-order chi connectivity index (χ0) is 46.0. The molecule has 0 atom stereocenters. The van der Waals surface area contributed by atoms with Crippen molar-refractivity contribution >= 4 is 21.9 Å². The molecule has 2 aliphatic carbocycles. The Kier molecular flexibility index (Phi) is 8.14. The van der Waals surface area contributed by atoms with Gasteiger partial charge in [0.1, 0.15) is 22.7 Å². The molecule has 326 valence electrons. The third-order valence-electron chi connectivity index (χ3n) is 15.1. The lowest BCUT2D eigenvalue weighted by Crippen LogP contribution is -2.45. The molecule has 0 bridgehead atoms. The Labute approximate surface area is 404 Å². The monoisotopic (exact) mass is 893 g/mol. The predicted molar refractivity (Wildman–Crippen MR) is 278 cm³/mol. The Morgan fingerprint density at radius 2 is 0.714 bits per heavy atom. The van der Waals surface area contributed by atoms with E-state index in [1.807, 2.05) is 54.6 Å². The molecule has 2 aromatic heterocycles. The molecule has 0 saturated carbocycles. The highest BCUT2D eigenvalue weighted by molar-refractivity contribution is 6.05. The van der Waals surface area contributed by atoms with Crippen molar-refractivity contribution in [3.05, 3.63) is 281 Å². The van der Waals surface area contributed by atoms with Gasteiger partial charge in [-0.1, -0.05) is 200 Å². The molecule has 0 unspecified atom stereocenters. The maximum absolute atomic E-state index is 6.73. The Balaban J connectivity index is 0.892. The maximum Gasteiger partial charge on any atom is 0.164 e. The van der Waals surface area contributed by atoms with E-state index in [2.05, 4.69) is 182 Å². The van der Waals surface area contributed by atoms with Crippen molar-refractivity contribution < 1.29 is 9.15 Å². The molecule has 0 amide bonds. The van der Waals surface area contributed by atoms with Crippen LogP contribution >= 0.6 is 0 Å². The minimum atomic E-state index is -0.621. The molecule has 0 saturated heterocycles. The summed E-state index contributed by atoms with van der Waals surface area (Å²) in [5.74, 6) is 3.56. The normalized spacial score (nSPS) is 14.1. The number of aromatic nitrogens is 3. The fourth-order valence-corrected chi connectivity index (χ4v) is 12.2. The first kappa shape index (κ1) is 38.9. The van der Waals surface area contributed by atoms with E-state index in [4.69, 9.17) is 24.1 Å². The minimum absolute atomic E-state index is 0.585. The van der Waals surface area contributed by atoms with Crippen molar-refractivity contribution in [3.63, 3.8) is 0 Å². The van der Waals surface area contributed by atoms with Gasteiger partial charge in [0.15, 0.2) is 17.5 Å². The molecule has 0 radical (unpaired) electrons. The summed E-state index contributed by atoms with van der Waals surface area (Å²) in [4.78, 5) is 15.2. The van der Waals surface area contributed by atoms with Crippen LogP contribution in [0.4, 0.5) is 0 Å². The lowest BCUT2D eigenvalue weighted by atomic mass is 9.51. The maximum atomic E-state index is 6.73. The molecule has 2 spiro atoms. The van der Waals surface area contributed by atoms with Crippen molar-refractivity contribution in [3.8, 4) is 67.9 Å². The van der Waals surface area contributed by atoms with Crippen LogP contribution in [-0.2, 0) is 10.8 Å². The highest BCUT2D eigenvalue weighted by atomic mass is 16.5. The first-order chi connectivity index (χ1) is 34.7. The zero-order valence-corrected chi connectivity index (χ0v) is 37.7. The number of rotatable bonds is 4. The van der Waals surface area contributed by atoms with Crippen molar-refractivity contribution in [1.82, 2.24) is 15.0 Å². The van der Waals surface area contributed by atoms with Crippen LogP contribution in [0.1, 0.15) is 44.5 Å². The molecule has 12 aromatic rings. The molecule has 1 aliphatic heterocycles. The quantitative estimate of drug-likeness (QED) is 0.176. The Hall–Kier alpha value is -9.19. The summed E-state index contributed by atoms with van der Waals surface area (Å²) >= 11 is 0.